The minimum Gasteiger partial charge on any atom is -0.467 e. The van der Waals surface area contributed by atoms with Crippen LogP contribution >= 0.6 is 12.2 Å². The first-order valence-corrected chi connectivity index (χ1v) is 8.10. The molecule has 0 fully saturated rings. The van der Waals surface area contributed by atoms with E-state index in [0.29, 0.717) is 23.5 Å². The van der Waals surface area contributed by atoms with Gasteiger partial charge in [0.15, 0.2) is 5.11 Å². The van der Waals surface area contributed by atoms with E-state index in [1.165, 1.54) is 11.1 Å². The van der Waals surface area contributed by atoms with Crippen LogP contribution in [0.4, 0.5) is 5.69 Å². The summed E-state index contributed by atoms with van der Waals surface area (Å²) in [5, 5.41) is 7.19. The second-order valence-electron chi connectivity index (χ2n) is 6.01. The van der Waals surface area contributed by atoms with Crippen molar-refractivity contribution in [1.29, 1.82) is 0 Å². The number of anilines is 1. The Hall–Kier alpha value is -1.81. The Morgan fingerprint density at radius 2 is 1.68 bits per heavy atom. The number of nitrogens with one attached hydrogen (secondary N) is 2. The summed E-state index contributed by atoms with van der Waals surface area (Å²) in [6, 6.07) is 10.2. The normalized spacial score (nSPS) is 11.0. The van der Waals surface area contributed by atoms with Crippen LogP contribution in [0.5, 0.6) is 0 Å². The first-order valence-electron chi connectivity index (χ1n) is 7.69. The van der Waals surface area contributed by atoms with E-state index in [9.17, 15) is 0 Å². The predicted octanol–water partition coefficient (Wildman–Crippen LogP) is 5.01. The zero-order valence-electron chi connectivity index (χ0n) is 13.6. The fourth-order valence-corrected chi connectivity index (χ4v) is 2.61. The van der Waals surface area contributed by atoms with Crippen molar-refractivity contribution in [2.45, 2.75) is 46.1 Å². The van der Waals surface area contributed by atoms with Crippen LogP contribution in [0.3, 0.4) is 0 Å². The maximum Gasteiger partial charge on any atom is 0.171 e. The lowest BCUT2D eigenvalue weighted by atomic mass is 9.93. The summed E-state index contributed by atoms with van der Waals surface area (Å²) >= 11 is 5.44. The Morgan fingerprint density at radius 3 is 2.18 bits per heavy atom. The number of hydrogen-bond donors (Lipinski definition) is 2. The van der Waals surface area contributed by atoms with E-state index in [0.717, 1.165) is 11.4 Å². The fraction of sp³-hybridized carbons (Fsp3) is 0.389. The number of furan rings is 1. The summed E-state index contributed by atoms with van der Waals surface area (Å²) in [4.78, 5) is 0. The van der Waals surface area contributed by atoms with Crippen molar-refractivity contribution in [2.75, 3.05) is 5.32 Å². The van der Waals surface area contributed by atoms with Crippen LogP contribution in [-0.4, -0.2) is 5.11 Å². The number of benzene rings is 1. The lowest BCUT2D eigenvalue weighted by Crippen LogP contribution is -2.28. The zero-order chi connectivity index (χ0) is 16.1. The molecule has 2 N–H and O–H groups in total. The molecule has 0 saturated carbocycles. The molecule has 1 aromatic heterocycles. The van der Waals surface area contributed by atoms with Crippen LogP contribution in [0.25, 0.3) is 0 Å². The summed E-state index contributed by atoms with van der Waals surface area (Å²) in [6.45, 7) is 9.38. The summed E-state index contributed by atoms with van der Waals surface area (Å²) in [5.41, 5.74) is 3.70. The number of para-hydroxylation sites is 1. The van der Waals surface area contributed by atoms with E-state index < -0.39 is 0 Å². The average Bonchev–Trinajstić information content (AvgIpc) is 2.98. The molecule has 0 bridgehead atoms. The van der Waals surface area contributed by atoms with Crippen molar-refractivity contribution in [3.63, 3.8) is 0 Å². The van der Waals surface area contributed by atoms with Crippen molar-refractivity contribution >= 4 is 23.0 Å². The van der Waals surface area contributed by atoms with Crippen LogP contribution in [0.15, 0.2) is 41.0 Å². The molecular formula is C18H24N2OS. The number of hydrogen-bond acceptors (Lipinski definition) is 2. The van der Waals surface area contributed by atoms with Crippen LogP contribution in [0.2, 0.25) is 0 Å². The fourth-order valence-electron chi connectivity index (χ4n) is 2.43. The van der Waals surface area contributed by atoms with Gasteiger partial charge in [-0.2, -0.15) is 0 Å². The third kappa shape index (κ3) is 4.10. The Bertz CT molecular complexity index is 592. The van der Waals surface area contributed by atoms with Crippen molar-refractivity contribution in [2.24, 2.45) is 0 Å². The predicted molar refractivity (Wildman–Crippen MR) is 96.4 cm³/mol. The molecule has 0 atom stereocenters. The second-order valence-corrected chi connectivity index (χ2v) is 6.42. The van der Waals surface area contributed by atoms with Gasteiger partial charge in [0, 0.05) is 5.69 Å². The average molecular weight is 316 g/mol. The molecule has 0 aliphatic rings. The smallest absolute Gasteiger partial charge is 0.171 e. The quantitative estimate of drug-likeness (QED) is 0.760. The molecule has 4 heteroatoms. The first kappa shape index (κ1) is 16.6. The Kier molecular flexibility index (Phi) is 5.61. The second kappa shape index (κ2) is 7.45. The van der Waals surface area contributed by atoms with Gasteiger partial charge in [-0.25, -0.2) is 0 Å². The number of thiocarbonyl (C=S) groups is 1. The molecule has 3 nitrogen and oxygen atoms in total. The standard InChI is InChI=1S/C18H24N2OS/c1-12(2)15-8-5-9-16(13(3)4)17(15)20-18(22)19-11-14-7-6-10-21-14/h5-10,12-13H,11H2,1-4H3,(H2,19,20,22). The molecule has 0 unspecified atom stereocenters. The molecule has 1 aromatic carbocycles. The van der Waals surface area contributed by atoms with Gasteiger partial charge < -0.3 is 15.1 Å². The zero-order valence-corrected chi connectivity index (χ0v) is 14.5. The van der Waals surface area contributed by atoms with E-state index in [2.05, 4.69) is 56.5 Å². The molecule has 0 saturated heterocycles. The Morgan fingerprint density at radius 1 is 1.05 bits per heavy atom. The van der Waals surface area contributed by atoms with Crippen molar-refractivity contribution in [3.05, 3.63) is 53.5 Å². The van der Waals surface area contributed by atoms with E-state index in [1.54, 1.807) is 6.26 Å². The highest BCUT2D eigenvalue weighted by molar-refractivity contribution is 7.80. The SMILES string of the molecule is CC(C)c1cccc(C(C)C)c1NC(=S)NCc1ccco1. The summed E-state index contributed by atoms with van der Waals surface area (Å²) in [7, 11) is 0. The minimum atomic E-state index is 0.439. The Balaban J connectivity index is 2.14. The number of rotatable bonds is 5. The van der Waals surface area contributed by atoms with Crippen molar-refractivity contribution in [3.8, 4) is 0 Å². The topological polar surface area (TPSA) is 37.2 Å². The molecule has 0 amide bonds. The first-order chi connectivity index (χ1) is 10.5. The molecule has 2 aromatic rings. The maximum absolute atomic E-state index is 5.44. The van der Waals surface area contributed by atoms with Crippen molar-refractivity contribution in [1.82, 2.24) is 5.32 Å². The molecule has 0 radical (unpaired) electrons. The highest BCUT2D eigenvalue weighted by Crippen LogP contribution is 2.32. The van der Waals surface area contributed by atoms with Gasteiger partial charge in [0.2, 0.25) is 0 Å². The molecular weight excluding hydrogens is 292 g/mol. The van der Waals surface area contributed by atoms with Gasteiger partial charge in [-0.05, 0) is 47.3 Å². The van der Waals surface area contributed by atoms with Gasteiger partial charge in [-0.15, -0.1) is 0 Å². The van der Waals surface area contributed by atoms with Gasteiger partial charge >= 0.3 is 0 Å². The highest BCUT2D eigenvalue weighted by atomic mass is 32.1. The molecule has 1 heterocycles. The van der Waals surface area contributed by atoms with Crippen molar-refractivity contribution < 1.29 is 4.42 Å². The summed E-state index contributed by atoms with van der Waals surface area (Å²) < 4.78 is 5.31. The van der Waals surface area contributed by atoms with Gasteiger partial charge in [0.05, 0.1) is 12.8 Å². The Labute approximate surface area is 138 Å². The largest absolute Gasteiger partial charge is 0.467 e. The van der Waals surface area contributed by atoms with E-state index in [4.69, 9.17) is 16.6 Å². The van der Waals surface area contributed by atoms with E-state index in [1.807, 2.05) is 12.1 Å². The van der Waals surface area contributed by atoms with Gasteiger partial charge in [-0.3, -0.25) is 0 Å². The van der Waals surface area contributed by atoms with Gasteiger partial charge in [0.25, 0.3) is 0 Å². The van der Waals surface area contributed by atoms with Crippen LogP contribution in [0, 0.1) is 0 Å². The third-order valence-corrected chi connectivity index (χ3v) is 3.86. The van der Waals surface area contributed by atoms with Crippen LogP contribution in [-0.2, 0) is 6.54 Å². The molecule has 22 heavy (non-hydrogen) atoms. The summed E-state index contributed by atoms with van der Waals surface area (Å²) in [6.07, 6.45) is 1.67. The molecule has 0 spiro atoms. The van der Waals surface area contributed by atoms with E-state index >= 15 is 0 Å². The maximum atomic E-state index is 5.44. The van der Waals surface area contributed by atoms with Crippen LogP contribution in [0.1, 0.15) is 56.4 Å². The third-order valence-electron chi connectivity index (χ3n) is 3.61. The lowest BCUT2D eigenvalue weighted by molar-refractivity contribution is 0.503. The molecule has 0 aliphatic carbocycles. The molecule has 0 aliphatic heterocycles. The molecule has 2 rings (SSSR count). The summed E-state index contributed by atoms with van der Waals surface area (Å²) in [5.74, 6) is 1.74. The molecule has 118 valence electrons. The van der Waals surface area contributed by atoms with Gasteiger partial charge in [0.1, 0.15) is 5.76 Å². The minimum absolute atomic E-state index is 0.439. The lowest BCUT2D eigenvalue weighted by Gasteiger charge is -2.21. The monoisotopic (exact) mass is 316 g/mol. The van der Waals surface area contributed by atoms with Gasteiger partial charge in [-0.1, -0.05) is 45.9 Å². The van der Waals surface area contributed by atoms with Crippen LogP contribution < -0.4 is 10.6 Å². The van der Waals surface area contributed by atoms with E-state index in [-0.39, 0.29) is 0 Å². The highest BCUT2D eigenvalue weighted by Gasteiger charge is 2.14.